The van der Waals surface area contributed by atoms with E-state index in [1.54, 1.807) is 24.3 Å². The quantitative estimate of drug-likeness (QED) is 0.401. The molecule has 4 nitrogen and oxygen atoms in total. The van der Waals surface area contributed by atoms with E-state index in [0.717, 1.165) is 4.47 Å². The third-order valence-corrected chi connectivity index (χ3v) is 2.40. The van der Waals surface area contributed by atoms with Crippen LogP contribution in [0.3, 0.4) is 0 Å². The van der Waals surface area contributed by atoms with Crippen LogP contribution in [0.15, 0.2) is 33.8 Å². The van der Waals surface area contributed by atoms with E-state index < -0.39 is 16.2 Å². The molecule has 0 bridgehead atoms. The molecule has 0 atom stereocenters. The molecular formula is C9H5BrCl2N2O2. The number of benzene rings is 1. The number of carbonyl (C=O) groups excluding carboxylic acids is 2. The minimum absolute atomic E-state index is 0.550. The summed E-state index contributed by atoms with van der Waals surface area (Å²) in [4.78, 5) is 21.5. The van der Waals surface area contributed by atoms with E-state index in [0.29, 0.717) is 5.69 Å². The third-order valence-electron chi connectivity index (χ3n) is 1.51. The zero-order valence-electron chi connectivity index (χ0n) is 7.71. The lowest BCUT2D eigenvalue weighted by atomic mass is 10.3. The molecule has 0 aliphatic heterocycles. The molecule has 16 heavy (non-hydrogen) atoms. The van der Waals surface area contributed by atoms with Gasteiger partial charge in [0, 0.05) is 4.47 Å². The number of hydrogen-bond acceptors (Lipinski definition) is 4. The summed E-state index contributed by atoms with van der Waals surface area (Å²) in [5.74, 6) is 0. The van der Waals surface area contributed by atoms with Crippen molar-refractivity contribution in [1.29, 1.82) is 0 Å². The van der Waals surface area contributed by atoms with E-state index in [1.165, 1.54) is 0 Å². The van der Waals surface area contributed by atoms with Crippen LogP contribution in [-0.2, 0) is 9.59 Å². The molecule has 0 aliphatic rings. The van der Waals surface area contributed by atoms with Crippen LogP contribution >= 0.6 is 39.1 Å². The van der Waals surface area contributed by atoms with Crippen LogP contribution in [0.5, 0.6) is 0 Å². The van der Waals surface area contributed by atoms with Gasteiger partial charge in [-0.2, -0.15) is 5.10 Å². The number of rotatable bonds is 4. The maximum Gasteiger partial charge on any atom is 0.277 e. The molecular weight excluding hydrogens is 319 g/mol. The summed E-state index contributed by atoms with van der Waals surface area (Å²) in [6.07, 6.45) is 0. The van der Waals surface area contributed by atoms with Crippen molar-refractivity contribution in [3.8, 4) is 0 Å². The Balaban J connectivity index is 2.81. The van der Waals surface area contributed by atoms with Crippen molar-refractivity contribution in [1.82, 2.24) is 0 Å². The van der Waals surface area contributed by atoms with Crippen molar-refractivity contribution in [2.75, 3.05) is 5.43 Å². The molecule has 0 unspecified atom stereocenters. The standard InChI is InChI=1S/C9H5BrCl2N2O2/c10-5-1-3-6(4-2-5)13-14-7(8(11)15)9(12)16/h1-4,13H. The van der Waals surface area contributed by atoms with E-state index in [1.807, 2.05) is 0 Å². The molecule has 0 spiro atoms. The second-order valence-electron chi connectivity index (χ2n) is 2.63. The monoisotopic (exact) mass is 322 g/mol. The molecule has 7 heteroatoms. The summed E-state index contributed by atoms with van der Waals surface area (Å²) >= 11 is 13.5. The minimum Gasteiger partial charge on any atom is -0.278 e. The number of halogens is 3. The Morgan fingerprint density at radius 2 is 1.62 bits per heavy atom. The highest BCUT2D eigenvalue weighted by atomic mass is 79.9. The van der Waals surface area contributed by atoms with Gasteiger partial charge in [-0.1, -0.05) is 15.9 Å². The molecule has 0 radical (unpaired) electrons. The third kappa shape index (κ3) is 3.92. The van der Waals surface area contributed by atoms with Gasteiger partial charge in [0.25, 0.3) is 10.5 Å². The highest BCUT2D eigenvalue weighted by Gasteiger charge is 2.15. The van der Waals surface area contributed by atoms with Gasteiger partial charge in [-0.05, 0) is 47.5 Å². The van der Waals surface area contributed by atoms with Crippen molar-refractivity contribution in [3.05, 3.63) is 28.7 Å². The fraction of sp³-hybridized carbons (Fsp3) is 0. The van der Waals surface area contributed by atoms with E-state index in [9.17, 15) is 9.59 Å². The Morgan fingerprint density at radius 3 is 2.06 bits per heavy atom. The summed E-state index contributed by atoms with van der Waals surface area (Å²) < 4.78 is 0.893. The molecule has 0 heterocycles. The molecule has 0 saturated heterocycles. The fourth-order valence-corrected chi connectivity index (χ4v) is 1.38. The zero-order valence-corrected chi connectivity index (χ0v) is 10.8. The maximum absolute atomic E-state index is 10.7. The smallest absolute Gasteiger partial charge is 0.277 e. The second kappa shape index (κ2) is 5.98. The Hall–Kier alpha value is -0.910. The Kier molecular flexibility index (Phi) is 4.92. The topological polar surface area (TPSA) is 58.5 Å². The van der Waals surface area contributed by atoms with Gasteiger partial charge in [-0.3, -0.25) is 15.0 Å². The van der Waals surface area contributed by atoms with Crippen LogP contribution in [-0.4, -0.2) is 16.2 Å². The molecule has 84 valence electrons. The van der Waals surface area contributed by atoms with Crippen LogP contribution in [0.4, 0.5) is 5.69 Å². The molecule has 0 fully saturated rings. The molecule has 0 aromatic heterocycles. The summed E-state index contributed by atoms with van der Waals surface area (Å²) in [7, 11) is 0. The highest BCUT2D eigenvalue weighted by Crippen LogP contribution is 2.14. The lowest BCUT2D eigenvalue weighted by molar-refractivity contribution is -0.109. The van der Waals surface area contributed by atoms with Crippen molar-refractivity contribution >= 4 is 61.0 Å². The number of nitrogens with zero attached hydrogens (tertiary/aromatic N) is 1. The first-order valence-corrected chi connectivity index (χ1v) is 5.54. The first-order chi connectivity index (χ1) is 7.50. The summed E-state index contributed by atoms with van der Waals surface area (Å²) in [5.41, 5.74) is 2.54. The fourth-order valence-electron chi connectivity index (χ4n) is 0.810. The molecule has 1 aromatic rings. The maximum atomic E-state index is 10.7. The van der Waals surface area contributed by atoms with Crippen molar-refractivity contribution < 1.29 is 9.59 Å². The van der Waals surface area contributed by atoms with Crippen LogP contribution < -0.4 is 5.43 Å². The van der Waals surface area contributed by atoms with E-state index in [2.05, 4.69) is 26.5 Å². The van der Waals surface area contributed by atoms with Crippen molar-refractivity contribution in [2.45, 2.75) is 0 Å². The second-order valence-corrected chi connectivity index (χ2v) is 4.23. The van der Waals surface area contributed by atoms with Gasteiger partial charge in [-0.25, -0.2) is 0 Å². The van der Waals surface area contributed by atoms with Crippen LogP contribution in [0.1, 0.15) is 0 Å². The van der Waals surface area contributed by atoms with Gasteiger partial charge < -0.3 is 0 Å². The number of hydrazone groups is 1. The average Bonchev–Trinajstić information content (AvgIpc) is 2.20. The molecule has 1 aromatic carbocycles. The zero-order chi connectivity index (χ0) is 12.1. The molecule has 1 rings (SSSR count). The van der Waals surface area contributed by atoms with Gasteiger partial charge in [0.05, 0.1) is 5.69 Å². The van der Waals surface area contributed by atoms with Crippen molar-refractivity contribution in [3.63, 3.8) is 0 Å². The summed E-state index contributed by atoms with van der Waals surface area (Å²) in [6, 6.07) is 6.93. The van der Waals surface area contributed by atoms with Gasteiger partial charge >= 0.3 is 0 Å². The lowest BCUT2D eigenvalue weighted by Crippen LogP contribution is -2.17. The van der Waals surface area contributed by atoms with Crippen molar-refractivity contribution in [2.24, 2.45) is 5.10 Å². The lowest BCUT2D eigenvalue weighted by Gasteiger charge is -2.00. The van der Waals surface area contributed by atoms with Gasteiger partial charge in [0.15, 0.2) is 0 Å². The summed E-state index contributed by atoms with van der Waals surface area (Å²) in [6.45, 7) is 0. The van der Waals surface area contributed by atoms with E-state index >= 15 is 0 Å². The normalized spacial score (nSPS) is 9.44. The molecule has 0 aliphatic carbocycles. The number of carbonyl (C=O) groups is 2. The molecule has 0 amide bonds. The number of nitrogens with one attached hydrogen (secondary N) is 1. The first kappa shape index (κ1) is 13.2. The average molecular weight is 324 g/mol. The van der Waals surface area contributed by atoms with Gasteiger partial charge in [0.1, 0.15) is 0 Å². The van der Waals surface area contributed by atoms with Gasteiger partial charge in [0.2, 0.25) is 5.71 Å². The Morgan fingerprint density at radius 1 is 1.12 bits per heavy atom. The van der Waals surface area contributed by atoms with Crippen LogP contribution in [0, 0.1) is 0 Å². The predicted octanol–water partition coefficient (Wildman–Crippen LogP) is 2.75. The predicted molar refractivity (Wildman–Crippen MR) is 66.9 cm³/mol. The Bertz CT molecular complexity index is 429. The number of hydrogen-bond donors (Lipinski definition) is 1. The SMILES string of the molecule is O=C(Cl)C(=NNc1ccc(Br)cc1)C(=O)Cl. The van der Waals surface area contributed by atoms with E-state index in [-0.39, 0.29) is 0 Å². The Labute approximate surface area is 110 Å². The largest absolute Gasteiger partial charge is 0.278 e. The highest BCUT2D eigenvalue weighted by molar-refractivity contribution is 9.10. The van der Waals surface area contributed by atoms with E-state index in [4.69, 9.17) is 23.2 Å². The summed E-state index contributed by atoms with van der Waals surface area (Å²) in [5, 5.41) is 1.49. The molecule has 1 N–H and O–H groups in total. The van der Waals surface area contributed by atoms with Crippen LogP contribution in [0.25, 0.3) is 0 Å². The van der Waals surface area contributed by atoms with Gasteiger partial charge in [-0.15, -0.1) is 0 Å². The van der Waals surface area contributed by atoms with Crippen LogP contribution in [0.2, 0.25) is 0 Å². The first-order valence-electron chi connectivity index (χ1n) is 3.99. The minimum atomic E-state index is -1.01. The number of anilines is 1. The molecule has 0 saturated carbocycles.